The molecule has 0 spiro atoms. The first-order chi connectivity index (χ1) is 17.3. The lowest BCUT2D eigenvalue weighted by atomic mass is 10.2. The second-order valence-electron chi connectivity index (χ2n) is 8.86. The Morgan fingerprint density at radius 3 is 2.47 bits per heavy atom. The van der Waals surface area contributed by atoms with Gasteiger partial charge in [-0.05, 0) is 41.5 Å². The molecule has 1 fully saturated rings. The van der Waals surface area contributed by atoms with Crippen LogP contribution in [0, 0.1) is 0 Å². The number of rotatable bonds is 6. The fourth-order valence-corrected chi connectivity index (χ4v) is 4.63. The molecule has 2 aromatic carbocycles. The molecular weight excluding hydrogens is 501 g/mol. The number of benzene rings is 2. The average molecular weight is 528 g/mol. The van der Waals surface area contributed by atoms with Crippen LogP contribution in [0.15, 0.2) is 54.9 Å². The predicted octanol–water partition coefficient (Wildman–Crippen LogP) is 4.86. The summed E-state index contributed by atoms with van der Waals surface area (Å²) in [6.07, 6.45) is 0. The molecule has 0 N–H and O–H groups in total. The van der Waals surface area contributed by atoms with Crippen LogP contribution < -0.4 is 9.64 Å². The number of amides is 1. The zero-order chi connectivity index (χ0) is 25.4. The lowest BCUT2D eigenvalue weighted by Gasteiger charge is -2.32. The molecule has 1 amide bonds. The van der Waals surface area contributed by atoms with Crippen molar-refractivity contribution in [1.29, 1.82) is 0 Å². The standard InChI is InChI=1S/C26H27Cl2N5O3/c1-17-30(2)24-23(25(34)31(17)3)33(15-18-4-6-20(27)7-5-18)26(29-24)36-21-8-9-22(28)19(14-21)16-32-10-12-35-13-11-32/h4-9,14H,1,10-13,15-16H2,2-3H3. The second-order valence-corrected chi connectivity index (χ2v) is 9.71. The van der Waals surface area contributed by atoms with Gasteiger partial charge in [-0.15, -0.1) is 0 Å². The van der Waals surface area contributed by atoms with E-state index in [1.54, 1.807) is 16.5 Å². The molecule has 1 aromatic heterocycles. The number of carbonyl (C=O) groups excluding carboxylic acids is 1. The maximum Gasteiger partial charge on any atom is 0.304 e. The van der Waals surface area contributed by atoms with Gasteiger partial charge < -0.3 is 14.4 Å². The maximum atomic E-state index is 13.3. The largest absolute Gasteiger partial charge is 0.425 e. The highest BCUT2D eigenvalue weighted by Crippen LogP contribution is 2.36. The van der Waals surface area contributed by atoms with Gasteiger partial charge in [-0.2, -0.15) is 4.98 Å². The number of imidazole rings is 1. The maximum absolute atomic E-state index is 13.3. The van der Waals surface area contributed by atoms with E-state index in [4.69, 9.17) is 37.7 Å². The zero-order valence-electron chi connectivity index (χ0n) is 20.2. The minimum atomic E-state index is -0.200. The number of fused-ring (bicyclic) bond motifs is 1. The lowest BCUT2D eigenvalue weighted by molar-refractivity contribution is 0.0342. The minimum Gasteiger partial charge on any atom is -0.425 e. The average Bonchev–Trinajstić information content (AvgIpc) is 3.23. The van der Waals surface area contributed by atoms with Gasteiger partial charge in [-0.1, -0.05) is 41.9 Å². The Morgan fingerprint density at radius 1 is 1.03 bits per heavy atom. The molecule has 2 aliphatic heterocycles. The Morgan fingerprint density at radius 2 is 1.75 bits per heavy atom. The number of carbonyl (C=O) groups is 1. The van der Waals surface area contributed by atoms with E-state index in [0.29, 0.717) is 65.4 Å². The highest BCUT2D eigenvalue weighted by Gasteiger charge is 2.36. The van der Waals surface area contributed by atoms with E-state index in [0.717, 1.165) is 24.2 Å². The van der Waals surface area contributed by atoms with E-state index < -0.39 is 0 Å². The molecule has 2 aliphatic rings. The van der Waals surface area contributed by atoms with Gasteiger partial charge in [0.25, 0.3) is 5.91 Å². The van der Waals surface area contributed by atoms with Gasteiger partial charge in [0, 0.05) is 43.8 Å². The number of hydrogen-bond donors (Lipinski definition) is 0. The van der Waals surface area contributed by atoms with Crippen LogP contribution in [0.2, 0.25) is 10.0 Å². The summed E-state index contributed by atoms with van der Waals surface area (Å²) in [5, 5.41) is 1.31. The Bertz CT molecular complexity index is 1300. The molecule has 36 heavy (non-hydrogen) atoms. The van der Waals surface area contributed by atoms with Crippen LogP contribution in [0.3, 0.4) is 0 Å². The third kappa shape index (κ3) is 4.82. The van der Waals surface area contributed by atoms with Crippen LogP contribution in [0.25, 0.3) is 0 Å². The van der Waals surface area contributed by atoms with Crippen molar-refractivity contribution in [2.45, 2.75) is 13.1 Å². The van der Waals surface area contributed by atoms with Crippen LogP contribution in [0.4, 0.5) is 5.82 Å². The molecule has 0 unspecified atom stereocenters. The lowest BCUT2D eigenvalue weighted by Crippen LogP contribution is -2.41. The van der Waals surface area contributed by atoms with Crippen molar-refractivity contribution in [3.8, 4) is 11.8 Å². The number of hydrogen-bond acceptors (Lipinski definition) is 6. The van der Waals surface area contributed by atoms with Crippen molar-refractivity contribution >= 4 is 34.9 Å². The van der Waals surface area contributed by atoms with Crippen LogP contribution >= 0.6 is 23.2 Å². The number of aromatic nitrogens is 2. The summed E-state index contributed by atoms with van der Waals surface area (Å²) in [5.41, 5.74) is 2.34. The molecule has 0 bridgehead atoms. The monoisotopic (exact) mass is 527 g/mol. The van der Waals surface area contributed by atoms with E-state index in [9.17, 15) is 4.79 Å². The quantitative estimate of drug-likeness (QED) is 0.456. The molecule has 0 aliphatic carbocycles. The molecular formula is C26H27Cl2N5O3. The highest BCUT2D eigenvalue weighted by molar-refractivity contribution is 6.31. The van der Waals surface area contributed by atoms with Gasteiger partial charge in [0.05, 0.1) is 19.8 Å². The Kier molecular flexibility index (Phi) is 6.94. The second kappa shape index (κ2) is 10.1. The van der Waals surface area contributed by atoms with E-state index in [1.807, 2.05) is 49.5 Å². The normalized spacial score (nSPS) is 16.4. The summed E-state index contributed by atoms with van der Waals surface area (Å²) in [6, 6.07) is 13.3. The van der Waals surface area contributed by atoms with Crippen molar-refractivity contribution in [3.63, 3.8) is 0 Å². The van der Waals surface area contributed by atoms with Crippen molar-refractivity contribution in [3.05, 3.63) is 81.7 Å². The van der Waals surface area contributed by atoms with Crippen molar-refractivity contribution in [2.75, 3.05) is 45.3 Å². The summed E-state index contributed by atoms with van der Waals surface area (Å²) >= 11 is 12.6. The van der Waals surface area contributed by atoms with Gasteiger partial charge in [-0.25, -0.2) is 0 Å². The zero-order valence-corrected chi connectivity index (χ0v) is 21.7. The van der Waals surface area contributed by atoms with Gasteiger partial charge in [0.15, 0.2) is 11.5 Å². The van der Waals surface area contributed by atoms with E-state index in [-0.39, 0.29) is 5.91 Å². The summed E-state index contributed by atoms with van der Waals surface area (Å²) in [7, 11) is 3.53. The van der Waals surface area contributed by atoms with E-state index >= 15 is 0 Å². The van der Waals surface area contributed by atoms with Crippen molar-refractivity contribution < 1.29 is 14.3 Å². The molecule has 3 heterocycles. The summed E-state index contributed by atoms with van der Waals surface area (Å²) in [4.78, 5) is 23.6. The molecule has 0 saturated carbocycles. The predicted molar refractivity (Wildman–Crippen MR) is 140 cm³/mol. The highest BCUT2D eigenvalue weighted by atomic mass is 35.5. The van der Waals surface area contributed by atoms with Gasteiger partial charge in [0.2, 0.25) is 0 Å². The molecule has 0 radical (unpaired) electrons. The molecule has 5 rings (SSSR count). The van der Waals surface area contributed by atoms with Crippen LogP contribution in [0.1, 0.15) is 21.6 Å². The number of halogens is 2. The third-order valence-corrected chi connectivity index (χ3v) is 7.11. The number of morpholine rings is 1. The first-order valence-electron chi connectivity index (χ1n) is 11.6. The Balaban J connectivity index is 1.51. The van der Waals surface area contributed by atoms with Gasteiger partial charge in [0.1, 0.15) is 11.6 Å². The van der Waals surface area contributed by atoms with Crippen molar-refractivity contribution in [1.82, 2.24) is 19.4 Å². The molecule has 10 heteroatoms. The number of anilines is 1. The fourth-order valence-electron chi connectivity index (χ4n) is 4.33. The van der Waals surface area contributed by atoms with E-state index in [1.165, 1.54) is 4.90 Å². The summed E-state index contributed by atoms with van der Waals surface area (Å²) in [5.74, 6) is 1.42. The third-order valence-electron chi connectivity index (χ3n) is 6.49. The fraction of sp³-hybridized carbons (Fsp3) is 0.308. The number of ether oxygens (including phenoxy) is 2. The van der Waals surface area contributed by atoms with Gasteiger partial charge >= 0.3 is 6.01 Å². The molecule has 188 valence electrons. The SMILES string of the molecule is C=C1N(C)C(=O)c2c(nc(Oc3ccc(Cl)c(CN4CCOCC4)c3)n2Cc2ccc(Cl)cc2)N1C. The Hall–Kier alpha value is -3.04. The van der Waals surface area contributed by atoms with E-state index in [2.05, 4.69) is 11.5 Å². The molecule has 8 nitrogen and oxygen atoms in total. The smallest absolute Gasteiger partial charge is 0.304 e. The van der Waals surface area contributed by atoms with Crippen LogP contribution in [0.5, 0.6) is 11.8 Å². The summed E-state index contributed by atoms with van der Waals surface area (Å²) in [6.45, 7) is 8.22. The topological polar surface area (TPSA) is 63.1 Å². The van der Waals surface area contributed by atoms with Gasteiger partial charge in [-0.3, -0.25) is 19.2 Å². The molecule has 0 atom stereocenters. The first-order valence-corrected chi connectivity index (χ1v) is 12.4. The Labute approximate surface area is 220 Å². The first kappa shape index (κ1) is 24.6. The van der Waals surface area contributed by atoms with Crippen LogP contribution in [-0.2, 0) is 17.8 Å². The number of nitrogens with zero attached hydrogens (tertiary/aromatic N) is 5. The summed E-state index contributed by atoms with van der Waals surface area (Å²) < 4.78 is 13.5. The minimum absolute atomic E-state index is 0.200. The van der Waals surface area contributed by atoms with Crippen LogP contribution in [-0.4, -0.2) is 65.7 Å². The molecule has 1 saturated heterocycles. The van der Waals surface area contributed by atoms with Crippen molar-refractivity contribution in [2.24, 2.45) is 0 Å². The molecule has 3 aromatic rings.